The Balaban J connectivity index is 1.75. The molecule has 30 heavy (non-hydrogen) atoms. The van der Waals surface area contributed by atoms with Crippen LogP contribution in [0.5, 0.6) is 0 Å². The van der Waals surface area contributed by atoms with Crippen LogP contribution in [0.4, 0.5) is 5.82 Å². The van der Waals surface area contributed by atoms with Crippen molar-refractivity contribution in [2.75, 3.05) is 18.9 Å². The predicted octanol–water partition coefficient (Wildman–Crippen LogP) is 4.80. The maximum absolute atomic E-state index is 12.7. The lowest BCUT2D eigenvalue weighted by Gasteiger charge is -2.26. The number of rotatable bonds is 5. The summed E-state index contributed by atoms with van der Waals surface area (Å²) in [5, 5.41) is 8.27. The molecule has 1 aliphatic carbocycles. The molecule has 0 aliphatic heterocycles. The van der Waals surface area contributed by atoms with Crippen molar-refractivity contribution in [3.05, 3.63) is 41.0 Å². The lowest BCUT2D eigenvalue weighted by molar-refractivity contribution is -0.137. The van der Waals surface area contributed by atoms with E-state index in [2.05, 4.69) is 26.1 Å². The van der Waals surface area contributed by atoms with Gasteiger partial charge in [0.25, 0.3) is 0 Å². The molecule has 1 fully saturated rings. The number of carbonyl (C=O) groups excluding carboxylic acids is 2. The van der Waals surface area contributed by atoms with Gasteiger partial charge in [-0.3, -0.25) is 9.59 Å². The Labute approximate surface area is 183 Å². The summed E-state index contributed by atoms with van der Waals surface area (Å²) >= 11 is 6.02. The van der Waals surface area contributed by atoms with Gasteiger partial charge in [-0.05, 0) is 37.1 Å². The van der Waals surface area contributed by atoms with Gasteiger partial charge in [0, 0.05) is 29.5 Å². The first-order chi connectivity index (χ1) is 14.1. The molecule has 7 heteroatoms. The van der Waals surface area contributed by atoms with Crippen LogP contribution in [0.2, 0.25) is 5.02 Å². The third kappa shape index (κ3) is 5.42. The van der Waals surface area contributed by atoms with Crippen molar-refractivity contribution in [3.63, 3.8) is 0 Å². The summed E-state index contributed by atoms with van der Waals surface area (Å²) in [5.41, 5.74) is 1.49. The number of amides is 2. The minimum Gasteiger partial charge on any atom is -0.336 e. The minimum absolute atomic E-state index is 0.0198. The largest absolute Gasteiger partial charge is 0.336 e. The lowest BCUT2D eigenvalue weighted by Crippen LogP contribution is -2.39. The Morgan fingerprint density at radius 2 is 1.80 bits per heavy atom. The Bertz CT molecular complexity index is 893. The zero-order valence-corrected chi connectivity index (χ0v) is 19.0. The van der Waals surface area contributed by atoms with E-state index in [4.69, 9.17) is 16.7 Å². The molecule has 2 amide bonds. The molecular formula is C23H31ClN4O2. The normalized spacial score (nSPS) is 15.1. The molecule has 1 aromatic heterocycles. The molecule has 1 heterocycles. The summed E-state index contributed by atoms with van der Waals surface area (Å²) in [6.07, 6.45) is 5.21. The molecule has 0 unspecified atom stereocenters. The highest BCUT2D eigenvalue weighted by Gasteiger charge is 2.26. The zero-order chi connectivity index (χ0) is 21.9. The van der Waals surface area contributed by atoms with E-state index >= 15 is 0 Å². The van der Waals surface area contributed by atoms with Crippen LogP contribution < -0.4 is 5.32 Å². The molecule has 6 nitrogen and oxygen atoms in total. The van der Waals surface area contributed by atoms with Gasteiger partial charge < -0.3 is 10.2 Å². The van der Waals surface area contributed by atoms with Crippen LogP contribution in [0.1, 0.15) is 58.6 Å². The smallest absolute Gasteiger partial charge is 0.245 e. The number of hydrogen-bond donors (Lipinski definition) is 1. The van der Waals surface area contributed by atoms with Gasteiger partial charge >= 0.3 is 0 Å². The molecule has 0 atom stereocenters. The van der Waals surface area contributed by atoms with Gasteiger partial charge in [0.15, 0.2) is 0 Å². The van der Waals surface area contributed by atoms with Gasteiger partial charge in [0.05, 0.1) is 17.9 Å². The van der Waals surface area contributed by atoms with Crippen LogP contribution in [-0.2, 0) is 15.0 Å². The highest BCUT2D eigenvalue weighted by atomic mass is 35.5. The third-order valence-corrected chi connectivity index (χ3v) is 5.78. The zero-order valence-electron chi connectivity index (χ0n) is 18.2. The fourth-order valence-corrected chi connectivity index (χ4v) is 3.88. The standard InChI is InChI=1S/C23H31ClN4O2/c1-23(2,3)19-14-20(28(26-19)18-12-10-17(24)11-13-18)25-21(29)15-27(4)22(30)16-8-6-5-7-9-16/h10-14,16H,5-9,15H2,1-4H3,(H,25,29). The highest BCUT2D eigenvalue weighted by molar-refractivity contribution is 6.30. The fraction of sp³-hybridized carbons (Fsp3) is 0.522. The van der Waals surface area contributed by atoms with E-state index in [-0.39, 0.29) is 29.7 Å². The van der Waals surface area contributed by atoms with Crippen molar-refractivity contribution in [1.82, 2.24) is 14.7 Å². The molecule has 0 spiro atoms. The fourth-order valence-electron chi connectivity index (χ4n) is 3.75. The molecular weight excluding hydrogens is 400 g/mol. The molecule has 2 aromatic rings. The lowest BCUT2D eigenvalue weighted by atomic mass is 9.88. The third-order valence-electron chi connectivity index (χ3n) is 5.53. The number of nitrogens with zero attached hydrogens (tertiary/aromatic N) is 3. The van der Waals surface area contributed by atoms with E-state index < -0.39 is 0 Å². The van der Waals surface area contributed by atoms with Gasteiger partial charge in [-0.15, -0.1) is 0 Å². The van der Waals surface area contributed by atoms with Gasteiger partial charge in [-0.25, -0.2) is 4.68 Å². The topological polar surface area (TPSA) is 67.2 Å². The molecule has 162 valence electrons. The van der Waals surface area contributed by atoms with E-state index in [0.29, 0.717) is 10.8 Å². The average molecular weight is 431 g/mol. The van der Waals surface area contributed by atoms with Crippen molar-refractivity contribution in [1.29, 1.82) is 0 Å². The minimum atomic E-state index is -0.239. The monoisotopic (exact) mass is 430 g/mol. The van der Waals surface area contributed by atoms with Gasteiger partial charge in [0.1, 0.15) is 5.82 Å². The second-order valence-corrected chi connectivity index (χ2v) is 9.57. The molecule has 3 rings (SSSR count). The van der Waals surface area contributed by atoms with E-state index in [0.717, 1.165) is 37.1 Å². The van der Waals surface area contributed by atoms with Crippen molar-refractivity contribution in [2.45, 2.75) is 58.3 Å². The molecule has 1 N–H and O–H groups in total. The molecule has 1 saturated carbocycles. The summed E-state index contributed by atoms with van der Waals surface area (Å²) < 4.78 is 1.71. The highest BCUT2D eigenvalue weighted by Crippen LogP contribution is 2.27. The number of aromatic nitrogens is 2. The van der Waals surface area contributed by atoms with E-state index in [1.807, 2.05) is 18.2 Å². The SMILES string of the molecule is CN(CC(=O)Nc1cc(C(C)(C)C)nn1-c1ccc(Cl)cc1)C(=O)C1CCCCC1. The second-order valence-electron chi connectivity index (χ2n) is 9.13. The van der Waals surface area contributed by atoms with E-state index in [1.165, 1.54) is 6.42 Å². The number of halogens is 1. The van der Waals surface area contributed by atoms with Crippen LogP contribution in [0.3, 0.4) is 0 Å². The molecule has 1 aliphatic rings. The number of anilines is 1. The number of carbonyl (C=O) groups is 2. The molecule has 0 saturated heterocycles. The summed E-state index contributed by atoms with van der Waals surface area (Å²) in [4.78, 5) is 26.9. The van der Waals surface area contributed by atoms with Crippen LogP contribution in [0.15, 0.2) is 30.3 Å². The average Bonchev–Trinajstić information content (AvgIpc) is 3.12. The Morgan fingerprint density at radius 1 is 1.17 bits per heavy atom. The number of nitrogens with one attached hydrogen (secondary N) is 1. The van der Waals surface area contributed by atoms with Crippen LogP contribution in [0.25, 0.3) is 5.69 Å². The number of hydrogen-bond acceptors (Lipinski definition) is 3. The molecule has 0 bridgehead atoms. The molecule has 1 aromatic carbocycles. The maximum atomic E-state index is 12.7. The Kier molecular flexibility index (Phi) is 6.86. The summed E-state index contributed by atoms with van der Waals surface area (Å²) in [6.45, 7) is 6.24. The van der Waals surface area contributed by atoms with E-state index in [9.17, 15) is 9.59 Å². The van der Waals surface area contributed by atoms with Crippen molar-refractivity contribution in [2.24, 2.45) is 5.92 Å². The van der Waals surface area contributed by atoms with Crippen molar-refractivity contribution >= 4 is 29.2 Å². The van der Waals surface area contributed by atoms with Crippen LogP contribution >= 0.6 is 11.6 Å². The Morgan fingerprint density at radius 3 is 2.40 bits per heavy atom. The predicted molar refractivity (Wildman–Crippen MR) is 120 cm³/mol. The first-order valence-corrected chi connectivity index (χ1v) is 10.9. The quantitative estimate of drug-likeness (QED) is 0.740. The first kappa shape index (κ1) is 22.3. The first-order valence-electron chi connectivity index (χ1n) is 10.6. The van der Waals surface area contributed by atoms with Gasteiger partial charge in [0.2, 0.25) is 11.8 Å². The van der Waals surface area contributed by atoms with Crippen molar-refractivity contribution in [3.8, 4) is 5.69 Å². The van der Waals surface area contributed by atoms with E-state index in [1.54, 1.807) is 28.8 Å². The van der Waals surface area contributed by atoms with Crippen molar-refractivity contribution < 1.29 is 9.59 Å². The number of benzene rings is 1. The molecule has 0 radical (unpaired) electrons. The van der Waals surface area contributed by atoms with Crippen LogP contribution in [0, 0.1) is 5.92 Å². The Hall–Kier alpha value is -2.34. The van der Waals surface area contributed by atoms with Gasteiger partial charge in [-0.1, -0.05) is 51.6 Å². The second kappa shape index (κ2) is 9.21. The summed E-state index contributed by atoms with van der Waals surface area (Å²) in [5.74, 6) is 0.443. The van der Waals surface area contributed by atoms with Gasteiger partial charge in [-0.2, -0.15) is 5.10 Å². The van der Waals surface area contributed by atoms with Crippen LogP contribution in [-0.4, -0.2) is 40.1 Å². The number of likely N-dealkylation sites (N-methyl/N-ethyl adjacent to an activating group) is 1. The summed E-state index contributed by atoms with van der Waals surface area (Å²) in [7, 11) is 1.70. The summed E-state index contributed by atoms with van der Waals surface area (Å²) in [6, 6.07) is 9.18. The maximum Gasteiger partial charge on any atom is 0.245 e.